The summed E-state index contributed by atoms with van der Waals surface area (Å²) in [6.45, 7) is 1.95. The first-order valence-electron chi connectivity index (χ1n) is 5.61. The number of nitrogen functional groups attached to an aromatic ring is 1. The van der Waals surface area contributed by atoms with Gasteiger partial charge in [0.25, 0.3) is 5.91 Å². The SMILES string of the molecule is Cc1cc(C(=O)NC2CC2)cc2sc(N)nc12. The summed E-state index contributed by atoms with van der Waals surface area (Å²) in [7, 11) is 0. The molecule has 3 rings (SSSR count). The van der Waals surface area contributed by atoms with E-state index in [0.29, 0.717) is 16.7 Å². The number of hydrogen-bond acceptors (Lipinski definition) is 4. The zero-order valence-corrected chi connectivity index (χ0v) is 10.3. The number of benzene rings is 1. The van der Waals surface area contributed by atoms with Crippen LogP contribution >= 0.6 is 11.3 Å². The van der Waals surface area contributed by atoms with Gasteiger partial charge in [-0.05, 0) is 37.5 Å². The van der Waals surface area contributed by atoms with Gasteiger partial charge in [0.2, 0.25) is 0 Å². The number of amides is 1. The molecular formula is C12H13N3OS. The number of carbonyl (C=O) groups is 1. The average molecular weight is 247 g/mol. The number of hydrogen-bond donors (Lipinski definition) is 2. The Kier molecular flexibility index (Phi) is 2.29. The maximum Gasteiger partial charge on any atom is 0.251 e. The second kappa shape index (κ2) is 3.70. The number of fused-ring (bicyclic) bond motifs is 1. The van der Waals surface area contributed by atoms with Crippen molar-refractivity contribution >= 4 is 32.6 Å². The van der Waals surface area contributed by atoms with Crippen LogP contribution in [0, 0.1) is 6.92 Å². The summed E-state index contributed by atoms with van der Waals surface area (Å²) in [4.78, 5) is 16.2. The van der Waals surface area contributed by atoms with Crippen LogP contribution in [0.4, 0.5) is 5.13 Å². The summed E-state index contributed by atoms with van der Waals surface area (Å²) in [5.74, 6) is 0.00414. The first kappa shape index (κ1) is 10.5. The average Bonchev–Trinajstić information content (AvgIpc) is 2.98. The molecule has 1 aromatic heterocycles. The Morgan fingerprint density at radius 1 is 1.53 bits per heavy atom. The second-order valence-corrected chi connectivity index (χ2v) is 5.50. The number of carbonyl (C=O) groups excluding carboxylic acids is 1. The molecular weight excluding hydrogens is 234 g/mol. The lowest BCUT2D eigenvalue weighted by atomic mass is 10.1. The lowest BCUT2D eigenvalue weighted by Gasteiger charge is -2.04. The quantitative estimate of drug-likeness (QED) is 0.853. The van der Waals surface area contributed by atoms with Crippen molar-refractivity contribution in [2.75, 3.05) is 5.73 Å². The summed E-state index contributed by atoms with van der Waals surface area (Å²) in [6, 6.07) is 4.12. The zero-order chi connectivity index (χ0) is 12.0. The highest BCUT2D eigenvalue weighted by Crippen LogP contribution is 2.28. The Morgan fingerprint density at radius 2 is 2.29 bits per heavy atom. The molecule has 1 fully saturated rings. The molecule has 0 aliphatic heterocycles. The van der Waals surface area contributed by atoms with Crippen molar-refractivity contribution in [2.24, 2.45) is 0 Å². The molecule has 0 saturated heterocycles. The molecule has 17 heavy (non-hydrogen) atoms. The van der Waals surface area contributed by atoms with E-state index < -0.39 is 0 Å². The normalized spacial score (nSPS) is 15.1. The molecule has 1 heterocycles. The lowest BCUT2D eigenvalue weighted by Crippen LogP contribution is -2.25. The molecule has 1 aromatic carbocycles. The highest BCUT2D eigenvalue weighted by Gasteiger charge is 2.24. The van der Waals surface area contributed by atoms with E-state index >= 15 is 0 Å². The minimum atomic E-state index is 0.00414. The fourth-order valence-electron chi connectivity index (χ4n) is 1.84. The van der Waals surface area contributed by atoms with Crippen LogP contribution in [0.2, 0.25) is 0 Å². The van der Waals surface area contributed by atoms with Crippen LogP contribution < -0.4 is 11.1 Å². The van der Waals surface area contributed by atoms with Gasteiger partial charge in [-0.15, -0.1) is 0 Å². The van der Waals surface area contributed by atoms with E-state index in [1.54, 1.807) is 0 Å². The van der Waals surface area contributed by atoms with Crippen LogP contribution in [0.25, 0.3) is 10.2 Å². The van der Waals surface area contributed by atoms with E-state index in [1.807, 2.05) is 19.1 Å². The van der Waals surface area contributed by atoms with Crippen LogP contribution in [-0.2, 0) is 0 Å². The third-order valence-corrected chi connectivity index (χ3v) is 3.71. The molecule has 0 bridgehead atoms. The smallest absolute Gasteiger partial charge is 0.251 e. The summed E-state index contributed by atoms with van der Waals surface area (Å²) in [5, 5.41) is 3.53. The van der Waals surface area contributed by atoms with Gasteiger partial charge in [0.05, 0.1) is 10.2 Å². The Balaban J connectivity index is 2.01. The minimum Gasteiger partial charge on any atom is -0.375 e. The van der Waals surface area contributed by atoms with Gasteiger partial charge in [-0.1, -0.05) is 11.3 Å². The molecule has 1 aliphatic carbocycles. The van der Waals surface area contributed by atoms with Crippen molar-refractivity contribution in [1.82, 2.24) is 10.3 Å². The maximum absolute atomic E-state index is 11.9. The van der Waals surface area contributed by atoms with Gasteiger partial charge in [0.15, 0.2) is 5.13 Å². The predicted octanol–water partition coefficient (Wildman–Crippen LogP) is 2.08. The van der Waals surface area contributed by atoms with Crippen molar-refractivity contribution in [1.29, 1.82) is 0 Å². The van der Waals surface area contributed by atoms with E-state index in [1.165, 1.54) is 11.3 Å². The predicted molar refractivity (Wildman–Crippen MR) is 69.3 cm³/mol. The Morgan fingerprint density at radius 3 is 3.00 bits per heavy atom. The number of nitrogens with two attached hydrogens (primary N) is 1. The number of nitrogens with zero attached hydrogens (tertiary/aromatic N) is 1. The maximum atomic E-state index is 11.9. The molecule has 1 saturated carbocycles. The van der Waals surface area contributed by atoms with Crippen LogP contribution in [0.3, 0.4) is 0 Å². The van der Waals surface area contributed by atoms with E-state index in [4.69, 9.17) is 5.73 Å². The van der Waals surface area contributed by atoms with Crippen molar-refractivity contribution in [2.45, 2.75) is 25.8 Å². The molecule has 88 valence electrons. The molecule has 2 aromatic rings. The van der Waals surface area contributed by atoms with Gasteiger partial charge in [0, 0.05) is 11.6 Å². The largest absolute Gasteiger partial charge is 0.375 e. The Labute approximate surface area is 103 Å². The minimum absolute atomic E-state index is 0.00414. The summed E-state index contributed by atoms with van der Waals surface area (Å²) in [6.07, 6.45) is 2.20. The third-order valence-electron chi connectivity index (χ3n) is 2.88. The van der Waals surface area contributed by atoms with E-state index in [-0.39, 0.29) is 5.91 Å². The van der Waals surface area contributed by atoms with Gasteiger partial charge in [-0.25, -0.2) is 4.98 Å². The van der Waals surface area contributed by atoms with Crippen molar-refractivity contribution in [3.63, 3.8) is 0 Å². The molecule has 4 nitrogen and oxygen atoms in total. The highest BCUT2D eigenvalue weighted by molar-refractivity contribution is 7.22. The van der Waals surface area contributed by atoms with Gasteiger partial charge in [0.1, 0.15) is 0 Å². The number of rotatable bonds is 2. The standard InChI is InChI=1S/C12H13N3OS/c1-6-4-7(11(16)14-8-2-3-8)5-9-10(6)15-12(13)17-9/h4-5,8H,2-3H2,1H3,(H2,13,15)(H,14,16). The van der Waals surface area contributed by atoms with E-state index in [9.17, 15) is 4.79 Å². The van der Waals surface area contributed by atoms with Crippen LogP contribution in [0.1, 0.15) is 28.8 Å². The topological polar surface area (TPSA) is 68.0 Å². The highest BCUT2D eigenvalue weighted by atomic mass is 32.1. The first-order valence-corrected chi connectivity index (χ1v) is 6.42. The summed E-state index contributed by atoms with van der Waals surface area (Å²) in [5.41, 5.74) is 8.28. The lowest BCUT2D eigenvalue weighted by molar-refractivity contribution is 0.0951. The Bertz CT molecular complexity index is 601. The number of nitrogens with one attached hydrogen (secondary N) is 1. The van der Waals surface area contributed by atoms with Gasteiger partial charge < -0.3 is 11.1 Å². The van der Waals surface area contributed by atoms with Crippen LogP contribution in [-0.4, -0.2) is 16.9 Å². The van der Waals surface area contributed by atoms with Crippen LogP contribution in [0.5, 0.6) is 0 Å². The molecule has 3 N–H and O–H groups in total. The number of anilines is 1. The molecule has 1 aliphatic rings. The molecule has 0 radical (unpaired) electrons. The summed E-state index contributed by atoms with van der Waals surface area (Å²) < 4.78 is 0.975. The number of aryl methyl sites for hydroxylation is 1. The van der Waals surface area contributed by atoms with Gasteiger partial charge in [-0.2, -0.15) is 0 Å². The van der Waals surface area contributed by atoms with Gasteiger partial charge >= 0.3 is 0 Å². The van der Waals surface area contributed by atoms with Gasteiger partial charge in [-0.3, -0.25) is 4.79 Å². The first-order chi connectivity index (χ1) is 8.13. The van der Waals surface area contributed by atoms with Crippen molar-refractivity contribution < 1.29 is 4.79 Å². The van der Waals surface area contributed by atoms with E-state index in [0.717, 1.165) is 28.6 Å². The Hall–Kier alpha value is -1.62. The number of aromatic nitrogens is 1. The van der Waals surface area contributed by atoms with Crippen molar-refractivity contribution in [3.8, 4) is 0 Å². The van der Waals surface area contributed by atoms with E-state index in [2.05, 4.69) is 10.3 Å². The van der Waals surface area contributed by atoms with Crippen LogP contribution in [0.15, 0.2) is 12.1 Å². The number of thiazole rings is 1. The molecule has 0 atom stereocenters. The third kappa shape index (κ3) is 1.98. The fourth-order valence-corrected chi connectivity index (χ4v) is 2.69. The molecule has 0 unspecified atom stereocenters. The fraction of sp³-hybridized carbons (Fsp3) is 0.333. The zero-order valence-electron chi connectivity index (χ0n) is 9.49. The summed E-state index contributed by atoms with van der Waals surface area (Å²) >= 11 is 1.42. The van der Waals surface area contributed by atoms with Crippen molar-refractivity contribution in [3.05, 3.63) is 23.3 Å². The molecule has 0 spiro atoms. The second-order valence-electron chi connectivity index (χ2n) is 4.44. The molecule has 1 amide bonds. The monoisotopic (exact) mass is 247 g/mol. The molecule has 5 heteroatoms.